The number of hydrogen-bond acceptors (Lipinski definition) is 8. The van der Waals surface area contributed by atoms with E-state index < -0.39 is 48.8 Å². The first-order valence-corrected chi connectivity index (χ1v) is 11.4. The smallest absolute Gasteiger partial charge is 0.534 e. The maximum atomic E-state index is 13.0. The Morgan fingerprint density at radius 3 is 2.56 bits per heavy atom. The van der Waals surface area contributed by atoms with Gasteiger partial charge in [-0.1, -0.05) is 12.1 Å². The van der Waals surface area contributed by atoms with E-state index in [0.717, 1.165) is 0 Å². The number of imide groups is 1. The zero-order valence-electron chi connectivity index (χ0n) is 19.9. The van der Waals surface area contributed by atoms with E-state index in [1.54, 1.807) is 13.0 Å². The molecule has 13 nitrogen and oxygen atoms in total. The van der Waals surface area contributed by atoms with Crippen molar-refractivity contribution in [3.63, 3.8) is 0 Å². The second-order valence-electron chi connectivity index (χ2n) is 8.51. The Morgan fingerprint density at radius 2 is 1.92 bits per heavy atom. The van der Waals surface area contributed by atoms with Crippen LogP contribution in [0.25, 0.3) is 0 Å². The van der Waals surface area contributed by atoms with Gasteiger partial charge in [-0.2, -0.15) is 0 Å². The second-order valence-corrected chi connectivity index (χ2v) is 8.51. The monoisotopic (exact) mass is 502 g/mol. The summed E-state index contributed by atoms with van der Waals surface area (Å²) in [5.74, 6) is -5.05. The normalized spacial score (nSPS) is 18.2. The number of hydrogen-bond donors (Lipinski definition) is 4. The fourth-order valence-electron chi connectivity index (χ4n) is 4.01. The van der Waals surface area contributed by atoms with Crippen LogP contribution in [-0.2, 0) is 25.6 Å². The minimum Gasteiger partial charge on any atom is -0.534 e. The lowest BCUT2D eigenvalue weighted by Crippen LogP contribution is -2.62. The molecule has 2 aliphatic heterocycles. The molecular formula is C22H27BN4O9. The van der Waals surface area contributed by atoms with Crippen LogP contribution in [0.5, 0.6) is 5.75 Å². The maximum Gasteiger partial charge on any atom is 0.547 e. The van der Waals surface area contributed by atoms with E-state index >= 15 is 0 Å². The lowest BCUT2D eigenvalue weighted by molar-refractivity contribution is -0.153. The molecule has 1 saturated heterocycles. The molecule has 1 unspecified atom stereocenters. The number of rotatable bonds is 8. The highest BCUT2D eigenvalue weighted by Gasteiger charge is 2.40. The van der Waals surface area contributed by atoms with Crippen molar-refractivity contribution < 1.29 is 43.6 Å². The molecule has 2 aliphatic rings. The molecule has 2 atom stereocenters. The maximum absolute atomic E-state index is 13.0. The molecule has 1 aromatic carbocycles. The summed E-state index contributed by atoms with van der Waals surface area (Å²) in [4.78, 5) is 75.2. The van der Waals surface area contributed by atoms with E-state index in [9.17, 15) is 38.9 Å². The number of nitrogens with zero attached hydrogens (tertiary/aromatic N) is 2. The minimum absolute atomic E-state index is 0.00108. The first-order valence-electron chi connectivity index (χ1n) is 11.4. The molecule has 0 aromatic heterocycles. The van der Waals surface area contributed by atoms with Crippen molar-refractivity contribution in [1.29, 1.82) is 0 Å². The van der Waals surface area contributed by atoms with Crippen molar-refractivity contribution >= 4 is 42.6 Å². The molecule has 4 N–H and O–H groups in total. The number of carbonyl (C=O) groups excluding carboxylic acids is 5. The number of benzene rings is 1. The topological polar surface area (TPSA) is 183 Å². The van der Waals surface area contributed by atoms with Crippen LogP contribution >= 0.6 is 0 Å². The number of carboxylic acids is 1. The Hall–Kier alpha value is -3.94. The molecule has 0 radical (unpaired) electrons. The van der Waals surface area contributed by atoms with E-state index in [0.29, 0.717) is 17.0 Å². The summed E-state index contributed by atoms with van der Waals surface area (Å²) in [6.07, 6.45) is -0.0977. The Kier molecular flexibility index (Phi) is 8.30. The van der Waals surface area contributed by atoms with Crippen molar-refractivity contribution in [1.82, 2.24) is 20.4 Å². The van der Waals surface area contributed by atoms with Crippen molar-refractivity contribution in [2.75, 3.05) is 19.6 Å². The van der Waals surface area contributed by atoms with Crippen molar-refractivity contribution in [2.45, 2.75) is 45.1 Å². The van der Waals surface area contributed by atoms with Gasteiger partial charge in [0.25, 0.3) is 0 Å². The van der Waals surface area contributed by atoms with Crippen LogP contribution in [-0.4, -0.2) is 94.2 Å². The van der Waals surface area contributed by atoms with Crippen LogP contribution < -0.4 is 15.3 Å². The summed E-state index contributed by atoms with van der Waals surface area (Å²) in [6, 6.07) is 2.22. The lowest BCUT2D eigenvalue weighted by atomic mass is 9.72. The molecule has 3 rings (SSSR count). The van der Waals surface area contributed by atoms with Crippen LogP contribution in [0.4, 0.5) is 4.79 Å². The number of ketones is 1. The molecule has 0 aliphatic carbocycles. The van der Waals surface area contributed by atoms with Gasteiger partial charge in [-0.05, 0) is 38.3 Å². The Morgan fingerprint density at radius 1 is 1.19 bits per heavy atom. The van der Waals surface area contributed by atoms with Crippen LogP contribution in [0.1, 0.15) is 42.6 Å². The summed E-state index contributed by atoms with van der Waals surface area (Å²) < 4.78 is 5.36. The van der Waals surface area contributed by atoms with Crippen LogP contribution in [0, 0.1) is 0 Å². The van der Waals surface area contributed by atoms with Crippen molar-refractivity contribution in [3.8, 4) is 5.75 Å². The van der Waals surface area contributed by atoms with Gasteiger partial charge in [-0.25, -0.2) is 9.59 Å². The first-order chi connectivity index (χ1) is 17.0. The predicted molar refractivity (Wildman–Crippen MR) is 124 cm³/mol. The molecule has 0 spiro atoms. The van der Waals surface area contributed by atoms with Crippen molar-refractivity contribution in [3.05, 3.63) is 29.3 Å². The minimum atomic E-state index is -1.58. The number of fused-ring (bicyclic) bond motifs is 1. The quantitative estimate of drug-likeness (QED) is 0.255. The highest BCUT2D eigenvalue weighted by atomic mass is 16.5. The van der Waals surface area contributed by atoms with Gasteiger partial charge < -0.3 is 35.1 Å². The molecule has 2 heterocycles. The van der Waals surface area contributed by atoms with E-state index in [1.807, 2.05) is 0 Å². The molecular weight excluding hydrogens is 475 g/mol. The number of aromatic carboxylic acids is 1. The van der Waals surface area contributed by atoms with Gasteiger partial charge in [0.1, 0.15) is 17.6 Å². The van der Waals surface area contributed by atoms with Gasteiger partial charge in [-0.3, -0.25) is 19.3 Å². The number of likely N-dealkylation sites (N-methyl/N-ethyl adjacent to an activating group) is 1. The Balaban J connectivity index is 1.72. The number of carbonyl (C=O) groups is 6. The number of para-hydroxylation sites is 1. The predicted octanol–water partition coefficient (Wildman–Crippen LogP) is -1.04. The van der Waals surface area contributed by atoms with Gasteiger partial charge >= 0.3 is 30.9 Å². The summed E-state index contributed by atoms with van der Waals surface area (Å²) in [5, 5.41) is 24.7. The largest absolute Gasteiger partial charge is 0.547 e. The zero-order valence-corrected chi connectivity index (χ0v) is 19.9. The number of piperazine rings is 1. The Bertz CT molecular complexity index is 1100. The van der Waals surface area contributed by atoms with Gasteiger partial charge in [0.05, 0.1) is 11.5 Å². The lowest BCUT2D eigenvalue weighted by Gasteiger charge is -2.33. The van der Waals surface area contributed by atoms with Crippen LogP contribution in [0.3, 0.4) is 0 Å². The van der Waals surface area contributed by atoms with E-state index in [4.69, 9.17) is 4.65 Å². The zero-order chi connectivity index (χ0) is 26.6. The van der Waals surface area contributed by atoms with E-state index in [2.05, 4.69) is 10.6 Å². The van der Waals surface area contributed by atoms with Crippen LogP contribution in [0.2, 0.25) is 0 Å². The third-order valence-corrected chi connectivity index (χ3v) is 6.01. The number of Topliss-reactive ketones (excluding diaryl/α,β-unsaturated/α-hetero) is 1. The molecule has 14 heteroatoms. The number of urea groups is 1. The third kappa shape index (κ3) is 5.82. The second kappa shape index (κ2) is 11.2. The molecule has 1 fully saturated rings. The summed E-state index contributed by atoms with van der Waals surface area (Å²) in [6.45, 7) is 3.43. The average molecular weight is 502 g/mol. The molecule has 1 aromatic rings. The highest BCUT2D eigenvalue weighted by Crippen LogP contribution is 2.30. The fourth-order valence-corrected chi connectivity index (χ4v) is 4.01. The van der Waals surface area contributed by atoms with E-state index in [1.165, 1.54) is 24.0 Å². The van der Waals surface area contributed by atoms with Gasteiger partial charge in [0, 0.05) is 26.1 Å². The van der Waals surface area contributed by atoms with Gasteiger partial charge in [0.2, 0.25) is 5.91 Å². The molecule has 5 amide bonds. The average Bonchev–Trinajstić information content (AvgIpc) is 2.83. The van der Waals surface area contributed by atoms with E-state index in [-0.39, 0.29) is 49.4 Å². The fraction of sp³-hybridized carbons (Fsp3) is 0.455. The third-order valence-electron chi connectivity index (χ3n) is 6.01. The standard InChI is InChI=1S/C22H27BN4O9/c1-3-26-9-10-27(20(31)19(26)30)22(34)24-15(8-7-12(2)28)18(29)25-16-11-13-5-4-6-14(21(32)33)17(13)36-23(16)35/h4-6,15-16,35H,3,7-11H2,1-2H3,(H,24,34)(H,25,29)(H,32,33)/t15?,16-/m0/s1. The SMILES string of the molecule is CCN1CCN(C(=O)NC(CCC(C)=O)C(=O)N[C@H]2Cc3cccc(C(=O)O)c3OB2O)C(=O)C1=O. The van der Waals surface area contributed by atoms with Gasteiger partial charge in [0.15, 0.2) is 0 Å². The van der Waals surface area contributed by atoms with Crippen LogP contribution in [0.15, 0.2) is 18.2 Å². The Labute approximate surface area is 206 Å². The molecule has 36 heavy (non-hydrogen) atoms. The first kappa shape index (κ1) is 26.7. The molecule has 0 saturated carbocycles. The van der Waals surface area contributed by atoms with Crippen molar-refractivity contribution in [2.24, 2.45) is 0 Å². The number of carboxylic acid groups (broad SMARTS) is 1. The van der Waals surface area contributed by atoms with Gasteiger partial charge in [-0.15, -0.1) is 0 Å². The number of amides is 5. The molecule has 0 bridgehead atoms. The highest BCUT2D eigenvalue weighted by molar-refractivity contribution is 6.47. The number of nitrogens with one attached hydrogen (secondary N) is 2. The molecule has 192 valence electrons. The summed E-state index contributed by atoms with van der Waals surface area (Å²) in [5.41, 5.74) is 0.318. The summed E-state index contributed by atoms with van der Waals surface area (Å²) in [7, 11) is -1.58. The summed E-state index contributed by atoms with van der Waals surface area (Å²) >= 11 is 0.